The van der Waals surface area contributed by atoms with Crippen molar-refractivity contribution in [3.8, 4) is 0 Å². The van der Waals surface area contributed by atoms with Gasteiger partial charge >= 0.3 is 0 Å². The standard InChI is InChI=1S/C17H28N4O3/c1-12-7-18-16(19-13(12)2)21-8-14(24-17(3,4)11-21)9-23-10-15(22)20(5)6/h7,14H,8-11H2,1-6H3/t14-/m0/s1. The summed E-state index contributed by atoms with van der Waals surface area (Å²) in [5.74, 6) is 0.656. The average Bonchev–Trinajstić information content (AvgIpc) is 2.48. The van der Waals surface area contributed by atoms with Crippen LogP contribution < -0.4 is 4.90 Å². The number of anilines is 1. The molecule has 1 aromatic heterocycles. The minimum absolute atomic E-state index is 0.0561. The highest BCUT2D eigenvalue weighted by molar-refractivity contribution is 5.76. The third-order valence-corrected chi connectivity index (χ3v) is 4.00. The average molecular weight is 336 g/mol. The molecule has 1 amide bonds. The Kier molecular flexibility index (Phi) is 5.77. The first kappa shape index (κ1) is 18.6. The van der Waals surface area contributed by atoms with Crippen LogP contribution in [0.25, 0.3) is 0 Å². The first-order valence-electron chi connectivity index (χ1n) is 8.19. The van der Waals surface area contributed by atoms with Crippen LogP contribution in [0.5, 0.6) is 0 Å². The van der Waals surface area contributed by atoms with E-state index in [1.807, 2.05) is 33.9 Å². The van der Waals surface area contributed by atoms with Gasteiger partial charge in [-0.05, 0) is 33.3 Å². The van der Waals surface area contributed by atoms with Gasteiger partial charge < -0.3 is 19.3 Å². The first-order valence-corrected chi connectivity index (χ1v) is 8.19. The van der Waals surface area contributed by atoms with Crippen LogP contribution in [0.1, 0.15) is 25.1 Å². The van der Waals surface area contributed by atoms with Crippen molar-refractivity contribution in [1.82, 2.24) is 14.9 Å². The summed E-state index contributed by atoms with van der Waals surface area (Å²) in [5, 5.41) is 0. The molecule has 1 saturated heterocycles. The molecule has 1 fully saturated rings. The molecule has 2 rings (SSSR count). The zero-order chi connectivity index (χ0) is 17.9. The van der Waals surface area contributed by atoms with Gasteiger partial charge in [0.1, 0.15) is 6.61 Å². The van der Waals surface area contributed by atoms with Gasteiger partial charge in [-0.1, -0.05) is 0 Å². The fraction of sp³-hybridized carbons (Fsp3) is 0.706. The molecule has 0 bridgehead atoms. The number of aromatic nitrogens is 2. The van der Waals surface area contributed by atoms with Crippen LogP contribution in [0, 0.1) is 13.8 Å². The summed E-state index contributed by atoms with van der Waals surface area (Å²) >= 11 is 0. The molecule has 7 heteroatoms. The zero-order valence-electron chi connectivity index (χ0n) is 15.5. The van der Waals surface area contributed by atoms with Crippen LogP contribution >= 0.6 is 0 Å². The van der Waals surface area contributed by atoms with Crippen molar-refractivity contribution in [2.24, 2.45) is 0 Å². The number of aryl methyl sites for hydroxylation is 2. The minimum atomic E-state index is -0.333. The Balaban J connectivity index is 2.01. The number of hydrogen-bond donors (Lipinski definition) is 0. The summed E-state index contributed by atoms with van der Waals surface area (Å²) in [6.07, 6.45) is 1.72. The van der Waals surface area contributed by atoms with Crippen molar-refractivity contribution in [3.63, 3.8) is 0 Å². The van der Waals surface area contributed by atoms with Gasteiger partial charge in [-0.3, -0.25) is 4.79 Å². The van der Waals surface area contributed by atoms with Crippen molar-refractivity contribution in [1.29, 1.82) is 0 Å². The number of nitrogens with zero attached hydrogens (tertiary/aromatic N) is 4. The summed E-state index contributed by atoms with van der Waals surface area (Å²) < 4.78 is 11.6. The summed E-state index contributed by atoms with van der Waals surface area (Å²) in [4.78, 5) is 24.3. The predicted molar refractivity (Wildman–Crippen MR) is 92.2 cm³/mol. The van der Waals surface area contributed by atoms with Crippen molar-refractivity contribution in [2.75, 3.05) is 45.3 Å². The van der Waals surface area contributed by atoms with Crippen LogP contribution in [-0.4, -0.2) is 72.9 Å². The van der Waals surface area contributed by atoms with E-state index < -0.39 is 0 Å². The Morgan fingerprint density at radius 1 is 1.46 bits per heavy atom. The molecule has 0 saturated carbocycles. The fourth-order valence-electron chi connectivity index (χ4n) is 2.61. The van der Waals surface area contributed by atoms with E-state index in [-0.39, 0.29) is 24.2 Å². The lowest BCUT2D eigenvalue weighted by Crippen LogP contribution is -2.54. The second kappa shape index (κ2) is 7.44. The molecule has 1 aromatic rings. The quantitative estimate of drug-likeness (QED) is 0.804. The molecule has 2 heterocycles. The molecule has 0 unspecified atom stereocenters. The largest absolute Gasteiger partial charge is 0.369 e. The number of ether oxygens (including phenoxy) is 2. The van der Waals surface area contributed by atoms with E-state index in [0.29, 0.717) is 25.6 Å². The molecule has 1 aliphatic rings. The Morgan fingerprint density at radius 2 is 2.17 bits per heavy atom. The number of likely N-dealkylation sites (N-methyl/N-ethyl adjacent to an activating group) is 1. The lowest BCUT2D eigenvalue weighted by molar-refractivity contribution is -0.139. The van der Waals surface area contributed by atoms with Gasteiger partial charge in [0.2, 0.25) is 11.9 Å². The molecule has 0 spiro atoms. The van der Waals surface area contributed by atoms with Crippen molar-refractivity contribution in [2.45, 2.75) is 39.4 Å². The molecular formula is C17H28N4O3. The van der Waals surface area contributed by atoms with Crippen molar-refractivity contribution < 1.29 is 14.3 Å². The molecule has 134 valence electrons. The summed E-state index contributed by atoms with van der Waals surface area (Å²) in [6, 6.07) is 0. The lowest BCUT2D eigenvalue weighted by Gasteiger charge is -2.42. The number of amides is 1. The molecule has 1 aliphatic heterocycles. The maximum absolute atomic E-state index is 11.6. The van der Waals surface area contributed by atoms with E-state index in [4.69, 9.17) is 9.47 Å². The number of morpholine rings is 1. The van der Waals surface area contributed by atoms with Crippen molar-refractivity contribution in [3.05, 3.63) is 17.5 Å². The van der Waals surface area contributed by atoms with E-state index in [9.17, 15) is 4.79 Å². The normalized spacial score (nSPS) is 20.1. The summed E-state index contributed by atoms with van der Waals surface area (Å²) in [7, 11) is 3.43. The van der Waals surface area contributed by atoms with Gasteiger partial charge in [-0.25, -0.2) is 9.97 Å². The van der Waals surface area contributed by atoms with Crippen molar-refractivity contribution >= 4 is 11.9 Å². The number of carbonyl (C=O) groups is 1. The summed E-state index contributed by atoms with van der Waals surface area (Å²) in [6.45, 7) is 9.85. The number of hydrogen-bond acceptors (Lipinski definition) is 6. The third-order valence-electron chi connectivity index (χ3n) is 4.00. The van der Waals surface area contributed by atoms with Gasteiger partial charge in [-0.15, -0.1) is 0 Å². The zero-order valence-corrected chi connectivity index (χ0v) is 15.5. The van der Waals surface area contributed by atoms with E-state index in [0.717, 1.165) is 11.3 Å². The SMILES string of the molecule is Cc1cnc(N2C[C@@H](COCC(=O)N(C)C)OC(C)(C)C2)nc1C. The maximum Gasteiger partial charge on any atom is 0.248 e. The van der Waals surface area contributed by atoms with Gasteiger partial charge in [0.05, 0.1) is 18.3 Å². The molecule has 7 nitrogen and oxygen atoms in total. The predicted octanol–water partition coefficient (Wildman–Crippen LogP) is 1.18. The third kappa shape index (κ3) is 4.88. The highest BCUT2D eigenvalue weighted by atomic mass is 16.6. The van der Waals surface area contributed by atoms with Crippen LogP contribution in [0.2, 0.25) is 0 Å². The first-order chi connectivity index (χ1) is 11.2. The lowest BCUT2D eigenvalue weighted by atomic mass is 10.1. The molecule has 0 aromatic carbocycles. The smallest absolute Gasteiger partial charge is 0.248 e. The Morgan fingerprint density at radius 3 is 2.79 bits per heavy atom. The fourth-order valence-corrected chi connectivity index (χ4v) is 2.61. The molecule has 0 aliphatic carbocycles. The second-order valence-electron chi connectivity index (χ2n) is 7.12. The second-order valence-corrected chi connectivity index (χ2v) is 7.12. The van der Waals surface area contributed by atoms with E-state index in [1.165, 1.54) is 4.90 Å². The highest BCUT2D eigenvalue weighted by Gasteiger charge is 2.34. The van der Waals surface area contributed by atoms with Gasteiger partial charge in [0.25, 0.3) is 0 Å². The minimum Gasteiger partial charge on any atom is -0.369 e. The van der Waals surface area contributed by atoms with Crippen LogP contribution in [0.3, 0.4) is 0 Å². The van der Waals surface area contributed by atoms with Crippen LogP contribution in [0.15, 0.2) is 6.20 Å². The molecular weight excluding hydrogens is 308 g/mol. The molecule has 0 N–H and O–H groups in total. The molecule has 1 atom stereocenters. The topological polar surface area (TPSA) is 67.8 Å². The Labute approximate surface area is 144 Å². The van der Waals surface area contributed by atoms with Crippen LogP contribution in [0.4, 0.5) is 5.95 Å². The monoisotopic (exact) mass is 336 g/mol. The van der Waals surface area contributed by atoms with E-state index in [2.05, 4.69) is 14.9 Å². The van der Waals surface area contributed by atoms with Crippen LogP contribution in [-0.2, 0) is 14.3 Å². The Hall–Kier alpha value is -1.73. The number of carbonyl (C=O) groups excluding carboxylic acids is 1. The Bertz CT molecular complexity index is 589. The van der Waals surface area contributed by atoms with Gasteiger partial charge in [0.15, 0.2) is 0 Å². The van der Waals surface area contributed by atoms with E-state index in [1.54, 1.807) is 14.1 Å². The molecule has 24 heavy (non-hydrogen) atoms. The maximum atomic E-state index is 11.6. The highest BCUT2D eigenvalue weighted by Crippen LogP contribution is 2.24. The van der Waals surface area contributed by atoms with Gasteiger partial charge in [-0.2, -0.15) is 0 Å². The summed E-state index contributed by atoms with van der Waals surface area (Å²) in [5.41, 5.74) is 1.72. The number of rotatable bonds is 5. The molecule has 0 radical (unpaired) electrons. The van der Waals surface area contributed by atoms with E-state index >= 15 is 0 Å². The van der Waals surface area contributed by atoms with Gasteiger partial charge in [0, 0.05) is 39.1 Å².